The Morgan fingerprint density at radius 3 is 2.55 bits per heavy atom. The summed E-state index contributed by atoms with van der Waals surface area (Å²) in [6.45, 7) is 2.02. The number of nitrogens with zero attached hydrogens (tertiary/aromatic N) is 2. The predicted octanol–water partition coefficient (Wildman–Crippen LogP) is 2.38. The summed E-state index contributed by atoms with van der Waals surface area (Å²) in [7, 11) is -3.82. The van der Waals surface area contributed by atoms with Gasteiger partial charge in [-0.15, -0.1) is 0 Å². The zero-order valence-corrected chi connectivity index (χ0v) is 19.0. The summed E-state index contributed by atoms with van der Waals surface area (Å²) in [6.07, 6.45) is 3.60. The van der Waals surface area contributed by atoms with Crippen molar-refractivity contribution >= 4 is 26.8 Å². The number of esters is 1. The summed E-state index contributed by atoms with van der Waals surface area (Å²) in [5.41, 5.74) is 6.70. The normalized spacial score (nSPS) is 19.8. The average molecular weight is 468 g/mol. The highest BCUT2D eigenvalue weighted by molar-refractivity contribution is 7.89. The van der Waals surface area contributed by atoms with Gasteiger partial charge in [0.1, 0.15) is 0 Å². The van der Waals surface area contributed by atoms with E-state index in [0.717, 1.165) is 18.4 Å². The maximum atomic E-state index is 13.5. The molecule has 33 heavy (non-hydrogen) atoms. The smallest absolute Gasteiger partial charge is 0.339 e. The van der Waals surface area contributed by atoms with E-state index in [1.54, 1.807) is 42.5 Å². The van der Waals surface area contributed by atoms with Crippen LogP contribution in [-0.4, -0.2) is 41.4 Å². The molecular weight excluding hydrogens is 442 g/mol. The van der Waals surface area contributed by atoms with Crippen molar-refractivity contribution in [3.8, 4) is 0 Å². The van der Waals surface area contributed by atoms with E-state index >= 15 is 0 Å². The molecule has 2 aliphatic rings. The van der Waals surface area contributed by atoms with E-state index in [1.807, 2.05) is 6.92 Å². The van der Waals surface area contributed by atoms with Crippen LogP contribution in [0.2, 0.25) is 0 Å². The third-order valence-corrected chi connectivity index (χ3v) is 8.80. The Hall–Kier alpha value is -3.01. The van der Waals surface area contributed by atoms with Crippen molar-refractivity contribution in [3.05, 3.63) is 76.2 Å². The second-order valence-corrected chi connectivity index (χ2v) is 10.6. The van der Waals surface area contributed by atoms with Gasteiger partial charge in [-0.25, -0.2) is 13.2 Å². The Bertz CT molecular complexity index is 1410. The molecule has 0 amide bonds. The third kappa shape index (κ3) is 3.56. The molecule has 2 N–H and O–H groups in total. The quantitative estimate of drug-likeness (QED) is 0.577. The van der Waals surface area contributed by atoms with Crippen molar-refractivity contribution in [1.82, 2.24) is 8.87 Å². The number of fused-ring (bicyclic) bond motifs is 1. The lowest BCUT2D eigenvalue weighted by molar-refractivity contribution is 0.0367. The fourth-order valence-electron chi connectivity index (χ4n) is 4.68. The van der Waals surface area contributed by atoms with Crippen molar-refractivity contribution in [2.45, 2.75) is 49.4 Å². The van der Waals surface area contributed by atoms with E-state index in [-0.39, 0.29) is 23.1 Å². The average Bonchev–Trinajstić information content (AvgIpc) is 3.53. The maximum Gasteiger partial charge on any atom is 0.339 e. The van der Waals surface area contributed by atoms with Crippen LogP contribution < -0.4 is 11.3 Å². The lowest BCUT2D eigenvalue weighted by Gasteiger charge is -2.26. The Morgan fingerprint density at radius 1 is 1.12 bits per heavy atom. The lowest BCUT2D eigenvalue weighted by atomic mass is 10.1. The van der Waals surface area contributed by atoms with Gasteiger partial charge in [0.15, 0.2) is 6.73 Å². The van der Waals surface area contributed by atoms with Crippen LogP contribution in [0, 0.1) is 6.92 Å². The predicted molar refractivity (Wildman–Crippen MR) is 123 cm³/mol. The van der Waals surface area contributed by atoms with Crippen molar-refractivity contribution in [2.24, 2.45) is 5.73 Å². The number of nitrogens with two attached hydrogens (primary N) is 1. The number of sulfonamides is 1. The topological polar surface area (TPSA) is 112 Å². The number of carbonyl (C=O) groups excluding carboxylic acids is 1. The van der Waals surface area contributed by atoms with Crippen molar-refractivity contribution in [1.29, 1.82) is 0 Å². The molecular formula is C24H25N3O5S. The molecule has 1 aliphatic carbocycles. The van der Waals surface area contributed by atoms with Gasteiger partial charge in [0, 0.05) is 29.6 Å². The van der Waals surface area contributed by atoms with Gasteiger partial charge in [-0.2, -0.15) is 4.31 Å². The minimum atomic E-state index is -3.82. The minimum Gasteiger partial charge on any atom is -0.440 e. The molecule has 1 aliphatic heterocycles. The van der Waals surface area contributed by atoms with E-state index in [4.69, 9.17) is 10.5 Å². The van der Waals surface area contributed by atoms with Gasteiger partial charge in [0.25, 0.3) is 5.56 Å². The molecule has 2 aromatic carbocycles. The molecule has 1 saturated carbocycles. The van der Waals surface area contributed by atoms with Gasteiger partial charge in [-0.1, -0.05) is 23.8 Å². The van der Waals surface area contributed by atoms with Crippen LogP contribution >= 0.6 is 0 Å². The number of ether oxygens (including phenoxy) is 1. The van der Waals surface area contributed by atoms with Crippen LogP contribution in [0.3, 0.4) is 0 Å². The highest BCUT2D eigenvalue weighted by Crippen LogP contribution is 2.51. The summed E-state index contributed by atoms with van der Waals surface area (Å²) in [5.74, 6) is -0.543. The van der Waals surface area contributed by atoms with Gasteiger partial charge in [0.2, 0.25) is 10.0 Å². The van der Waals surface area contributed by atoms with Crippen LogP contribution in [0.25, 0.3) is 10.8 Å². The molecule has 0 bridgehead atoms. The van der Waals surface area contributed by atoms with E-state index in [0.29, 0.717) is 23.9 Å². The van der Waals surface area contributed by atoms with Gasteiger partial charge in [-0.3, -0.25) is 9.36 Å². The molecule has 1 atom stereocenters. The number of rotatable bonds is 5. The zero-order chi connectivity index (χ0) is 23.4. The third-order valence-electron chi connectivity index (χ3n) is 6.76. The number of pyridine rings is 1. The largest absolute Gasteiger partial charge is 0.440 e. The molecule has 2 heterocycles. The maximum absolute atomic E-state index is 13.5. The van der Waals surface area contributed by atoms with E-state index in [9.17, 15) is 18.0 Å². The first-order chi connectivity index (χ1) is 15.7. The molecule has 8 nitrogen and oxygen atoms in total. The number of hydrogen-bond acceptors (Lipinski definition) is 6. The zero-order valence-electron chi connectivity index (χ0n) is 18.2. The molecule has 5 rings (SSSR count). The number of benzene rings is 2. The summed E-state index contributed by atoms with van der Waals surface area (Å²) in [5, 5.41) is 0.596. The fraction of sp³-hybridized carbons (Fsp3) is 0.333. The van der Waals surface area contributed by atoms with Crippen molar-refractivity contribution in [2.75, 3.05) is 6.54 Å². The summed E-state index contributed by atoms with van der Waals surface area (Å²) in [4.78, 5) is 25.5. The second-order valence-electron chi connectivity index (χ2n) is 8.81. The summed E-state index contributed by atoms with van der Waals surface area (Å²) < 4.78 is 35.1. The Balaban J connectivity index is 1.45. The standard InChI is InChI=1S/C24H25N3O5S/c1-16-5-7-17(8-6-16)23(29)32-15-26-13-9-18-19(22(26)28)3-2-4-20(18)33(30,31)27-14-10-21(25)24(27)11-12-24/h2-9,13,21H,10-12,14-15,25H2,1H3/t21-/m1/s1. The Morgan fingerprint density at radius 2 is 1.85 bits per heavy atom. The Kier molecular flexibility index (Phi) is 5.15. The first kappa shape index (κ1) is 21.8. The Labute approximate surface area is 191 Å². The first-order valence-corrected chi connectivity index (χ1v) is 12.3. The second kappa shape index (κ2) is 7.79. The van der Waals surface area contributed by atoms with E-state index < -0.39 is 27.1 Å². The highest BCUT2D eigenvalue weighted by Gasteiger charge is 2.60. The minimum absolute atomic E-state index is 0.0984. The number of aromatic nitrogens is 1. The number of carbonyl (C=O) groups is 1. The first-order valence-electron chi connectivity index (χ1n) is 10.9. The monoisotopic (exact) mass is 467 g/mol. The molecule has 1 aromatic heterocycles. The van der Waals surface area contributed by atoms with Crippen LogP contribution in [0.5, 0.6) is 0 Å². The van der Waals surface area contributed by atoms with Gasteiger partial charge in [0.05, 0.1) is 16.0 Å². The van der Waals surface area contributed by atoms with E-state index in [2.05, 4.69) is 0 Å². The van der Waals surface area contributed by atoms with Crippen molar-refractivity contribution < 1.29 is 17.9 Å². The molecule has 1 saturated heterocycles. The molecule has 9 heteroatoms. The summed E-state index contributed by atoms with van der Waals surface area (Å²) in [6, 6.07) is 13.0. The lowest BCUT2D eigenvalue weighted by Crippen LogP contribution is -2.44. The molecule has 0 unspecified atom stereocenters. The van der Waals surface area contributed by atoms with Crippen LogP contribution in [0.1, 0.15) is 35.2 Å². The van der Waals surface area contributed by atoms with Gasteiger partial charge < -0.3 is 10.5 Å². The van der Waals surface area contributed by atoms with Crippen LogP contribution in [0.4, 0.5) is 0 Å². The molecule has 0 radical (unpaired) electrons. The fourth-order valence-corrected chi connectivity index (χ4v) is 6.76. The van der Waals surface area contributed by atoms with E-state index in [1.165, 1.54) is 21.1 Å². The van der Waals surface area contributed by atoms with Crippen LogP contribution in [-0.2, 0) is 21.5 Å². The molecule has 3 aromatic rings. The molecule has 2 fully saturated rings. The number of aryl methyl sites for hydroxylation is 1. The number of hydrogen-bond donors (Lipinski definition) is 1. The van der Waals surface area contributed by atoms with Gasteiger partial charge >= 0.3 is 5.97 Å². The van der Waals surface area contributed by atoms with Crippen LogP contribution in [0.15, 0.2) is 64.4 Å². The highest BCUT2D eigenvalue weighted by atomic mass is 32.2. The van der Waals surface area contributed by atoms with Gasteiger partial charge in [-0.05, 0) is 56.5 Å². The SMILES string of the molecule is Cc1ccc(C(=O)OCn2ccc3c(S(=O)(=O)N4CC[C@@H](N)C45CC5)cccc3c2=O)cc1. The molecule has 172 valence electrons. The van der Waals surface area contributed by atoms with Crippen molar-refractivity contribution in [3.63, 3.8) is 0 Å². The molecule has 1 spiro atoms. The summed E-state index contributed by atoms with van der Waals surface area (Å²) >= 11 is 0.